The largest absolute Gasteiger partial charge is 0.453 e. The van der Waals surface area contributed by atoms with E-state index >= 15 is 0 Å². The van der Waals surface area contributed by atoms with Gasteiger partial charge >= 0.3 is 0 Å². The van der Waals surface area contributed by atoms with E-state index in [1.165, 1.54) is 49.7 Å². The molecule has 0 N–H and O–H groups in total. The lowest BCUT2D eigenvalue weighted by Gasteiger charge is -2.26. The van der Waals surface area contributed by atoms with Crippen molar-refractivity contribution in [2.24, 2.45) is 0 Å². The molecule has 0 unspecified atom stereocenters. The molecule has 9 aromatic rings. The first-order chi connectivity index (χ1) is 25.3. The van der Waals surface area contributed by atoms with Crippen molar-refractivity contribution in [2.75, 3.05) is 4.90 Å². The van der Waals surface area contributed by atoms with Gasteiger partial charge in [-0.05, 0) is 94.0 Å². The van der Waals surface area contributed by atoms with Crippen LogP contribution in [-0.4, -0.2) is 4.57 Å². The summed E-state index contributed by atoms with van der Waals surface area (Å²) in [4.78, 5) is 2.32. The Bertz CT molecular complexity index is 2680. The molecule has 0 amide bonds. The molecular weight excluding hydrogens is 621 g/mol. The summed E-state index contributed by atoms with van der Waals surface area (Å²) in [5.74, 6) is 1.76. The molecule has 0 spiro atoms. The molecule has 0 aliphatic carbocycles. The van der Waals surface area contributed by atoms with Crippen molar-refractivity contribution in [3.8, 4) is 50.6 Å². The lowest BCUT2D eigenvalue weighted by molar-refractivity contribution is 0.476. The minimum Gasteiger partial charge on any atom is -0.453 e. The minimum atomic E-state index is 0.875. The predicted octanol–water partition coefficient (Wildman–Crippen LogP) is 13.4. The molecule has 0 bridgehead atoms. The number of fused-ring (bicyclic) bond motifs is 5. The first kappa shape index (κ1) is 29.1. The number of nitrogens with zero attached hydrogens (tertiary/aromatic N) is 2. The van der Waals surface area contributed by atoms with Gasteiger partial charge in [0.2, 0.25) is 0 Å². The molecule has 1 aliphatic heterocycles. The van der Waals surface area contributed by atoms with E-state index < -0.39 is 0 Å². The molecule has 0 radical (unpaired) electrons. The summed E-state index contributed by atoms with van der Waals surface area (Å²) in [7, 11) is 0. The van der Waals surface area contributed by atoms with Gasteiger partial charge in [0.15, 0.2) is 11.5 Å². The molecule has 0 saturated carbocycles. The lowest BCUT2D eigenvalue weighted by atomic mass is 9.98. The number of benzene rings is 8. The average Bonchev–Trinajstić information content (AvgIpc) is 3.56. The van der Waals surface area contributed by atoms with E-state index in [1.807, 2.05) is 12.1 Å². The van der Waals surface area contributed by atoms with Crippen LogP contribution in [0.2, 0.25) is 0 Å². The summed E-state index contributed by atoms with van der Waals surface area (Å²) >= 11 is 0. The third-order valence-electron chi connectivity index (χ3n) is 10.0. The predicted molar refractivity (Wildman–Crippen MR) is 212 cm³/mol. The van der Waals surface area contributed by atoms with E-state index in [9.17, 15) is 0 Å². The van der Waals surface area contributed by atoms with Crippen LogP contribution in [0.15, 0.2) is 194 Å². The Morgan fingerprint density at radius 3 is 1.57 bits per heavy atom. The highest BCUT2D eigenvalue weighted by Crippen LogP contribution is 2.47. The number of para-hydroxylation sites is 4. The van der Waals surface area contributed by atoms with Crippen LogP contribution in [0.3, 0.4) is 0 Å². The summed E-state index contributed by atoms with van der Waals surface area (Å²) in [6.45, 7) is 0. The molecule has 0 saturated heterocycles. The fourth-order valence-electron chi connectivity index (χ4n) is 7.61. The van der Waals surface area contributed by atoms with Crippen molar-refractivity contribution < 1.29 is 4.74 Å². The molecular formula is C48H32N2O. The number of aromatic nitrogens is 1. The zero-order valence-corrected chi connectivity index (χ0v) is 27.8. The fourth-order valence-corrected chi connectivity index (χ4v) is 7.61. The monoisotopic (exact) mass is 652 g/mol. The summed E-state index contributed by atoms with van der Waals surface area (Å²) in [5.41, 5.74) is 13.9. The number of hydrogen-bond acceptors (Lipinski definition) is 2. The molecule has 8 aromatic carbocycles. The Morgan fingerprint density at radius 1 is 0.373 bits per heavy atom. The van der Waals surface area contributed by atoms with Crippen LogP contribution < -0.4 is 9.64 Å². The van der Waals surface area contributed by atoms with Gasteiger partial charge < -0.3 is 14.2 Å². The smallest absolute Gasteiger partial charge is 0.152 e. The quantitative estimate of drug-likeness (QED) is 0.178. The lowest BCUT2D eigenvalue weighted by Crippen LogP contribution is -2.09. The summed E-state index contributed by atoms with van der Waals surface area (Å²) in [6.07, 6.45) is 0. The first-order valence-corrected chi connectivity index (χ1v) is 17.4. The molecule has 240 valence electrons. The summed E-state index contributed by atoms with van der Waals surface area (Å²) < 4.78 is 8.73. The van der Waals surface area contributed by atoms with E-state index in [0.717, 1.165) is 39.8 Å². The number of ether oxygens (including phenoxy) is 1. The fraction of sp³-hybridized carbons (Fsp3) is 0. The van der Waals surface area contributed by atoms with Crippen LogP contribution in [0.4, 0.5) is 17.1 Å². The Labute approximate surface area is 296 Å². The number of rotatable bonds is 6. The second kappa shape index (κ2) is 11.9. The summed E-state index contributed by atoms with van der Waals surface area (Å²) in [6, 6.07) is 69.0. The number of anilines is 3. The van der Waals surface area contributed by atoms with E-state index in [-0.39, 0.29) is 0 Å². The van der Waals surface area contributed by atoms with Crippen molar-refractivity contribution in [3.05, 3.63) is 194 Å². The van der Waals surface area contributed by atoms with E-state index in [4.69, 9.17) is 4.74 Å². The summed E-state index contributed by atoms with van der Waals surface area (Å²) in [5, 5.41) is 2.42. The van der Waals surface area contributed by atoms with Gasteiger partial charge in [-0.25, -0.2) is 0 Å². The van der Waals surface area contributed by atoms with E-state index in [2.05, 4.69) is 191 Å². The molecule has 2 heterocycles. The van der Waals surface area contributed by atoms with Crippen molar-refractivity contribution in [2.45, 2.75) is 0 Å². The maximum absolute atomic E-state index is 6.38. The third-order valence-corrected chi connectivity index (χ3v) is 10.0. The maximum Gasteiger partial charge on any atom is 0.152 e. The van der Waals surface area contributed by atoms with Crippen LogP contribution in [-0.2, 0) is 0 Å². The second-order valence-electron chi connectivity index (χ2n) is 13.0. The standard InChI is InChI=1S/C48H32N2O/c1-3-11-33(12-4-1)34-21-23-35(24-22-34)36-25-29-39(30-26-36)49(38-13-5-2-6-14-38)40-31-27-37(28-32-40)41-15-9-18-44-47(41)42-16-10-20-46-48(42)50(44)43-17-7-8-19-45(43)51-46/h1-32H. The molecule has 1 aromatic heterocycles. The maximum atomic E-state index is 6.38. The van der Waals surface area contributed by atoms with Crippen molar-refractivity contribution >= 4 is 38.9 Å². The normalized spacial score (nSPS) is 11.7. The molecule has 0 fully saturated rings. The molecule has 3 nitrogen and oxygen atoms in total. The van der Waals surface area contributed by atoms with Crippen LogP contribution in [0.25, 0.3) is 60.9 Å². The van der Waals surface area contributed by atoms with E-state index in [1.54, 1.807) is 0 Å². The first-order valence-electron chi connectivity index (χ1n) is 17.4. The van der Waals surface area contributed by atoms with Crippen LogP contribution in [0.5, 0.6) is 11.5 Å². The highest BCUT2D eigenvalue weighted by atomic mass is 16.5. The van der Waals surface area contributed by atoms with Gasteiger partial charge in [0, 0.05) is 27.8 Å². The van der Waals surface area contributed by atoms with Crippen LogP contribution >= 0.6 is 0 Å². The van der Waals surface area contributed by atoms with Gasteiger partial charge in [0.05, 0.1) is 16.7 Å². The van der Waals surface area contributed by atoms with Gasteiger partial charge in [-0.3, -0.25) is 0 Å². The van der Waals surface area contributed by atoms with Crippen LogP contribution in [0.1, 0.15) is 0 Å². The SMILES string of the molecule is c1ccc(-c2ccc(-c3ccc(N(c4ccccc4)c4ccc(-c5cccc6c5c5cccc7c5n6-c5ccccc5O7)cc4)cc3)cc2)cc1. The Balaban J connectivity index is 1.02. The molecule has 10 rings (SSSR count). The zero-order valence-electron chi connectivity index (χ0n) is 27.8. The third kappa shape index (κ3) is 4.90. The van der Waals surface area contributed by atoms with Crippen molar-refractivity contribution in [3.63, 3.8) is 0 Å². The van der Waals surface area contributed by atoms with Crippen molar-refractivity contribution in [1.82, 2.24) is 4.57 Å². The van der Waals surface area contributed by atoms with Gasteiger partial charge in [0.1, 0.15) is 0 Å². The van der Waals surface area contributed by atoms with E-state index in [0.29, 0.717) is 0 Å². The topological polar surface area (TPSA) is 17.4 Å². The highest BCUT2D eigenvalue weighted by Gasteiger charge is 2.25. The van der Waals surface area contributed by atoms with Crippen LogP contribution in [0, 0.1) is 0 Å². The zero-order chi connectivity index (χ0) is 33.7. The Kier molecular flexibility index (Phi) is 6.81. The molecule has 51 heavy (non-hydrogen) atoms. The number of hydrogen-bond donors (Lipinski definition) is 0. The molecule has 0 atom stereocenters. The minimum absolute atomic E-state index is 0.875. The highest BCUT2D eigenvalue weighted by molar-refractivity contribution is 6.17. The second-order valence-corrected chi connectivity index (χ2v) is 13.0. The Morgan fingerprint density at radius 2 is 0.882 bits per heavy atom. The Hall–Kier alpha value is -6.84. The molecule has 1 aliphatic rings. The van der Waals surface area contributed by atoms with Gasteiger partial charge in [-0.2, -0.15) is 0 Å². The van der Waals surface area contributed by atoms with Gasteiger partial charge in [0.25, 0.3) is 0 Å². The molecule has 3 heteroatoms. The van der Waals surface area contributed by atoms with Gasteiger partial charge in [-0.1, -0.05) is 133 Å². The average molecular weight is 653 g/mol. The van der Waals surface area contributed by atoms with Crippen molar-refractivity contribution in [1.29, 1.82) is 0 Å². The van der Waals surface area contributed by atoms with Gasteiger partial charge in [-0.15, -0.1) is 0 Å².